The van der Waals surface area contributed by atoms with Crippen molar-refractivity contribution in [1.82, 2.24) is 20.5 Å². The third-order valence-corrected chi connectivity index (χ3v) is 3.40. The smallest absolute Gasteiger partial charge is 0.141 e. The second-order valence-corrected chi connectivity index (χ2v) is 5.09. The summed E-state index contributed by atoms with van der Waals surface area (Å²) in [4.78, 5) is 4.19. The summed E-state index contributed by atoms with van der Waals surface area (Å²) in [7, 11) is 0. The van der Waals surface area contributed by atoms with Crippen LogP contribution in [0.3, 0.4) is 0 Å². The van der Waals surface area contributed by atoms with E-state index in [1.807, 2.05) is 12.1 Å². The van der Waals surface area contributed by atoms with E-state index >= 15 is 0 Å². The van der Waals surface area contributed by atoms with Gasteiger partial charge in [-0.1, -0.05) is 37.1 Å². The van der Waals surface area contributed by atoms with E-state index in [-0.39, 0.29) is 6.04 Å². The first-order valence-corrected chi connectivity index (χ1v) is 6.95. The molecule has 19 heavy (non-hydrogen) atoms. The fourth-order valence-corrected chi connectivity index (χ4v) is 2.26. The van der Waals surface area contributed by atoms with E-state index in [4.69, 9.17) is 11.6 Å². The molecule has 0 aliphatic carbocycles. The van der Waals surface area contributed by atoms with Crippen LogP contribution in [0.25, 0.3) is 0 Å². The van der Waals surface area contributed by atoms with Crippen molar-refractivity contribution in [3.05, 3.63) is 47.0 Å². The third-order valence-electron chi connectivity index (χ3n) is 3.14. The summed E-state index contributed by atoms with van der Waals surface area (Å²) in [6, 6.07) is 8.43. The molecule has 5 heteroatoms. The van der Waals surface area contributed by atoms with Crippen LogP contribution >= 0.6 is 11.6 Å². The summed E-state index contributed by atoms with van der Waals surface area (Å²) in [5.74, 6) is 0.857. The molecule has 0 fully saturated rings. The molecule has 0 saturated carbocycles. The van der Waals surface area contributed by atoms with Gasteiger partial charge in [-0.25, -0.2) is 4.98 Å². The molecule has 102 valence electrons. The van der Waals surface area contributed by atoms with Crippen molar-refractivity contribution in [3.63, 3.8) is 0 Å². The SMILES string of the molecule is CCCC(NC(C)c1ncn[nH]1)c1ccc(Cl)cc1. The van der Waals surface area contributed by atoms with Gasteiger partial charge in [-0.2, -0.15) is 5.10 Å². The normalized spacial score (nSPS) is 14.3. The number of hydrogen-bond donors (Lipinski definition) is 2. The van der Waals surface area contributed by atoms with Gasteiger partial charge in [0.15, 0.2) is 0 Å². The fraction of sp³-hybridized carbons (Fsp3) is 0.429. The van der Waals surface area contributed by atoms with Crippen LogP contribution in [0.1, 0.15) is 50.2 Å². The highest BCUT2D eigenvalue weighted by atomic mass is 35.5. The van der Waals surface area contributed by atoms with Crippen molar-refractivity contribution < 1.29 is 0 Å². The van der Waals surface area contributed by atoms with Crippen LogP contribution in [0.15, 0.2) is 30.6 Å². The van der Waals surface area contributed by atoms with E-state index in [1.54, 1.807) is 0 Å². The van der Waals surface area contributed by atoms with E-state index in [2.05, 4.69) is 46.5 Å². The van der Waals surface area contributed by atoms with Crippen molar-refractivity contribution in [2.75, 3.05) is 0 Å². The number of aromatic amines is 1. The van der Waals surface area contributed by atoms with E-state index in [1.165, 1.54) is 11.9 Å². The zero-order valence-electron chi connectivity index (χ0n) is 11.2. The average molecular weight is 279 g/mol. The van der Waals surface area contributed by atoms with Gasteiger partial charge in [0.2, 0.25) is 0 Å². The second-order valence-electron chi connectivity index (χ2n) is 4.65. The second kappa shape index (κ2) is 6.68. The maximum Gasteiger partial charge on any atom is 0.141 e. The minimum atomic E-state index is 0.134. The zero-order valence-corrected chi connectivity index (χ0v) is 12.0. The number of benzene rings is 1. The molecule has 1 aromatic heterocycles. The highest BCUT2D eigenvalue weighted by Gasteiger charge is 2.16. The lowest BCUT2D eigenvalue weighted by Crippen LogP contribution is -2.25. The van der Waals surface area contributed by atoms with Crippen molar-refractivity contribution >= 4 is 11.6 Å². The maximum atomic E-state index is 5.94. The topological polar surface area (TPSA) is 53.6 Å². The third kappa shape index (κ3) is 3.78. The van der Waals surface area contributed by atoms with Gasteiger partial charge in [-0.3, -0.25) is 5.10 Å². The Kier molecular flexibility index (Phi) is 4.93. The van der Waals surface area contributed by atoms with Crippen molar-refractivity contribution in [3.8, 4) is 0 Å². The minimum Gasteiger partial charge on any atom is -0.301 e. The predicted octanol–water partition coefficient (Wildman–Crippen LogP) is 3.65. The number of H-pyrrole nitrogens is 1. The molecule has 0 amide bonds. The Bertz CT molecular complexity index is 481. The number of rotatable bonds is 6. The first-order valence-electron chi connectivity index (χ1n) is 6.57. The number of aromatic nitrogens is 3. The maximum absolute atomic E-state index is 5.94. The van der Waals surface area contributed by atoms with Crippen LogP contribution < -0.4 is 5.32 Å². The van der Waals surface area contributed by atoms with Crippen molar-refractivity contribution in [2.45, 2.75) is 38.8 Å². The Morgan fingerprint density at radius 1 is 1.32 bits per heavy atom. The van der Waals surface area contributed by atoms with Gasteiger partial charge in [-0.05, 0) is 31.0 Å². The molecule has 1 aromatic carbocycles. The van der Waals surface area contributed by atoms with E-state index in [0.29, 0.717) is 6.04 Å². The molecule has 0 saturated heterocycles. The molecule has 0 aliphatic rings. The molecule has 0 radical (unpaired) electrons. The molecule has 4 nitrogen and oxygen atoms in total. The van der Waals surface area contributed by atoms with Gasteiger partial charge >= 0.3 is 0 Å². The molecule has 2 rings (SSSR count). The largest absolute Gasteiger partial charge is 0.301 e. The highest BCUT2D eigenvalue weighted by molar-refractivity contribution is 6.30. The van der Waals surface area contributed by atoms with Crippen LogP contribution in [0.2, 0.25) is 5.02 Å². The predicted molar refractivity (Wildman–Crippen MR) is 77.0 cm³/mol. The van der Waals surface area contributed by atoms with Crippen LogP contribution in [-0.2, 0) is 0 Å². The standard InChI is InChI=1S/C14H19ClN4/c1-3-4-13(11-5-7-12(15)8-6-11)18-10(2)14-16-9-17-19-14/h5-10,13,18H,3-4H2,1-2H3,(H,16,17,19). The zero-order chi connectivity index (χ0) is 13.7. The van der Waals surface area contributed by atoms with Gasteiger partial charge in [0.1, 0.15) is 12.2 Å². The molecule has 1 heterocycles. The fourth-order valence-electron chi connectivity index (χ4n) is 2.13. The van der Waals surface area contributed by atoms with E-state index in [9.17, 15) is 0 Å². The molecule has 0 spiro atoms. The molecule has 2 unspecified atom stereocenters. The molecule has 0 bridgehead atoms. The lowest BCUT2D eigenvalue weighted by molar-refractivity contribution is 0.428. The van der Waals surface area contributed by atoms with Gasteiger partial charge in [-0.15, -0.1) is 0 Å². The Balaban J connectivity index is 2.09. The van der Waals surface area contributed by atoms with Gasteiger partial charge in [0.05, 0.1) is 6.04 Å². The number of halogens is 1. The molecule has 2 atom stereocenters. The van der Waals surface area contributed by atoms with Gasteiger partial charge in [0, 0.05) is 11.1 Å². The van der Waals surface area contributed by atoms with Crippen molar-refractivity contribution in [2.24, 2.45) is 0 Å². The quantitative estimate of drug-likeness (QED) is 0.848. The number of hydrogen-bond acceptors (Lipinski definition) is 3. The number of nitrogens with one attached hydrogen (secondary N) is 2. The van der Waals surface area contributed by atoms with Crippen LogP contribution in [0.5, 0.6) is 0 Å². The Morgan fingerprint density at radius 3 is 2.63 bits per heavy atom. The summed E-state index contributed by atoms with van der Waals surface area (Å²) >= 11 is 5.94. The van der Waals surface area contributed by atoms with E-state index < -0.39 is 0 Å². The molecular formula is C14H19ClN4. The lowest BCUT2D eigenvalue weighted by atomic mass is 10.0. The summed E-state index contributed by atoms with van der Waals surface area (Å²) < 4.78 is 0. The first kappa shape index (κ1) is 14.0. The van der Waals surface area contributed by atoms with Crippen molar-refractivity contribution in [1.29, 1.82) is 0 Å². The first-order chi connectivity index (χ1) is 9.20. The monoisotopic (exact) mass is 278 g/mol. The Morgan fingerprint density at radius 2 is 2.05 bits per heavy atom. The Hall–Kier alpha value is -1.39. The molecule has 2 N–H and O–H groups in total. The van der Waals surface area contributed by atoms with Gasteiger partial charge in [0.25, 0.3) is 0 Å². The summed E-state index contributed by atoms with van der Waals surface area (Å²) in [6.45, 7) is 4.27. The number of nitrogens with zero attached hydrogens (tertiary/aromatic N) is 2. The Labute approximate surface area is 118 Å². The molecule has 2 aromatic rings. The summed E-state index contributed by atoms with van der Waals surface area (Å²) in [5, 5.41) is 11.1. The van der Waals surface area contributed by atoms with Crippen LogP contribution in [0.4, 0.5) is 0 Å². The van der Waals surface area contributed by atoms with Crippen LogP contribution in [0, 0.1) is 0 Å². The highest BCUT2D eigenvalue weighted by Crippen LogP contribution is 2.23. The molecular weight excluding hydrogens is 260 g/mol. The van der Waals surface area contributed by atoms with E-state index in [0.717, 1.165) is 23.7 Å². The average Bonchev–Trinajstić information content (AvgIpc) is 2.93. The van der Waals surface area contributed by atoms with Gasteiger partial charge < -0.3 is 5.32 Å². The van der Waals surface area contributed by atoms with Crippen LogP contribution in [-0.4, -0.2) is 15.2 Å². The lowest BCUT2D eigenvalue weighted by Gasteiger charge is -2.22. The summed E-state index contributed by atoms with van der Waals surface area (Å²) in [6.07, 6.45) is 3.72. The summed E-state index contributed by atoms with van der Waals surface area (Å²) in [5.41, 5.74) is 1.25. The minimum absolute atomic E-state index is 0.134. The molecule has 0 aliphatic heterocycles.